The molecule has 0 heterocycles. The van der Waals surface area contributed by atoms with Gasteiger partial charge >= 0.3 is 0 Å². The van der Waals surface area contributed by atoms with Crippen molar-refractivity contribution in [1.82, 2.24) is 10.2 Å². The van der Waals surface area contributed by atoms with E-state index in [9.17, 15) is 18.0 Å². The molecule has 8 nitrogen and oxygen atoms in total. The van der Waals surface area contributed by atoms with E-state index in [2.05, 4.69) is 5.32 Å². The second-order valence-electron chi connectivity index (χ2n) is 11.3. The average molecular weight is 697 g/mol. The van der Waals surface area contributed by atoms with Crippen LogP contribution in [0.3, 0.4) is 0 Å². The van der Waals surface area contributed by atoms with E-state index in [4.69, 9.17) is 27.9 Å². The molecule has 11 heteroatoms. The van der Waals surface area contributed by atoms with Gasteiger partial charge in [-0.1, -0.05) is 104 Å². The minimum Gasteiger partial charge on any atom is -0.492 e. The van der Waals surface area contributed by atoms with Crippen molar-refractivity contribution < 1.29 is 22.7 Å². The molecule has 0 aromatic heterocycles. The molecule has 1 N–H and O–H groups in total. The van der Waals surface area contributed by atoms with E-state index in [1.54, 1.807) is 67.6 Å². The Balaban J connectivity index is 1.84. The minimum absolute atomic E-state index is 0.00523. The number of amides is 2. The van der Waals surface area contributed by atoms with Crippen LogP contribution >= 0.6 is 23.2 Å². The highest BCUT2D eigenvalue weighted by molar-refractivity contribution is 7.92. The van der Waals surface area contributed by atoms with Crippen molar-refractivity contribution >= 4 is 50.7 Å². The zero-order chi connectivity index (χ0) is 34.0. The lowest BCUT2D eigenvalue weighted by Crippen LogP contribution is -2.53. The van der Waals surface area contributed by atoms with Crippen molar-refractivity contribution in [3.8, 4) is 5.75 Å². The van der Waals surface area contributed by atoms with Gasteiger partial charge in [0.1, 0.15) is 18.3 Å². The molecular weight excluding hydrogens is 657 g/mol. The predicted molar refractivity (Wildman–Crippen MR) is 187 cm³/mol. The van der Waals surface area contributed by atoms with Crippen molar-refractivity contribution in [2.45, 2.75) is 44.7 Å². The van der Waals surface area contributed by atoms with Gasteiger partial charge in [-0.25, -0.2) is 8.42 Å². The third kappa shape index (κ3) is 9.50. The molecule has 248 valence electrons. The molecule has 4 rings (SSSR count). The van der Waals surface area contributed by atoms with Crippen molar-refractivity contribution in [1.29, 1.82) is 0 Å². The highest BCUT2D eigenvalue weighted by Gasteiger charge is 2.35. The number of nitrogens with one attached hydrogen (secondary N) is 1. The molecule has 0 saturated carbocycles. The van der Waals surface area contributed by atoms with Crippen LogP contribution < -0.4 is 14.4 Å². The number of para-hydroxylation sites is 2. The van der Waals surface area contributed by atoms with Crippen LogP contribution in [0.5, 0.6) is 5.75 Å². The summed E-state index contributed by atoms with van der Waals surface area (Å²) in [5, 5.41) is 3.61. The maximum absolute atomic E-state index is 14.6. The number of hydrogen-bond donors (Lipinski definition) is 1. The van der Waals surface area contributed by atoms with Crippen LogP contribution in [0.4, 0.5) is 5.69 Å². The zero-order valence-electron chi connectivity index (χ0n) is 26.6. The molecule has 0 bridgehead atoms. The van der Waals surface area contributed by atoms with E-state index < -0.39 is 28.5 Å². The van der Waals surface area contributed by atoms with Crippen LogP contribution in [0.25, 0.3) is 0 Å². The first-order chi connectivity index (χ1) is 22.5. The fraction of sp³-hybridized carbons (Fsp3) is 0.278. The van der Waals surface area contributed by atoms with Crippen LogP contribution in [0, 0.1) is 5.92 Å². The summed E-state index contributed by atoms with van der Waals surface area (Å²) in [6.07, 6.45) is 0.193. The Morgan fingerprint density at radius 2 is 1.47 bits per heavy atom. The Hall–Kier alpha value is -4.05. The van der Waals surface area contributed by atoms with Crippen LogP contribution in [0.2, 0.25) is 10.0 Å². The van der Waals surface area contributed by atoms with Crippen LogP contribution in [0.15, 0.2) is 108 Å². The molecule has 0 aliphatic heterocycles. The summed E-state index contributed by atoms with van der Waals surface area (Å²) in [6, 6.07) is 27.9. The molecule has 0 fully saturated rings. The highest BCUT2D eigenvalue weighted by Crippen LogP contribution is 2.33. The topological polar surface area (TPSA) is 96.0 Å². The summed E-state index contributed by atoms with van der Waals surface area (Å²) in [5.41, 5.74) is 1.65. The van der Waals surface area contributed by atoms with E-state index in [0.717, 1.165) is 9.87 Å². The fourth-order valence-electron chi connectivity index (χ4n) is 4.98. The standard InChI is InChI=1S/C36H39Cl2N3O5S/c1-4-46-34-18-12-11-17-32(34)41(47(44,45)29-15-9-6-10-16-29)25-35(42)40(24-28-19-20-30(37)31(38)21-28)33(36(43)39-23-26(2)3)22-27-13-7-5-8-14-27/h5-21,26,33H,4,22-25H2,1-3H3,(H,39,43)/t33-/m0/s1. The number of hydrogen-bond acceptors (Lipinski definition) is 5. The van der Waals surface area contributed by atoms with Crippen LogP contribution in [0.1, 0.15) is 31.9 Å². The van der Waals surface area contributed by atoms with E-state index >= 15 is 0 Å². The molecule has 0 radical (unpaired) electrons. The monoisotopic (exact) mass is 695 g/mol. The summed E-state index contributed by atoms with van der Waals surface area (Å²) in [7, 11) is -4.27. The molecule has 4 aromatic rings. The van der Waals surface area contributed by atoms with Gasteiger partial charge in [0.25, 0.3) is 10.0 Å². The summed E-state index contributed by atoms with van der Waals surface area (Å²) in [6.45, 7) is 5.79. The Morgan fingerprint density at radius 3 is 2.11 bits per heavy atom. The van der Waals surface area contributed by atoms with E-state index in [1.165, 1.54) is 17.0 Å². The van der Waals surface area contributed by atoms with Crippen molar-refractivity contribution in [3.05, 3.63) is 124 Å². The summed E-state index contributed by atoms with van der Waals surface area (Å²) < 4.78 is 35.3. The lowest BCUT2D eigenvalue weighted by molar-refractivity contribution is -0.140. The maximum atomic E-state index is 14.6. The van der Waals surface area contributed by atoms with E-state index in [0.29, 0.717) is 27.9 Å². The number of rotatable bonds is 15. The Kier molecular flexibility index (Phi) is 12.7. The first kappa shape index (κ1) is 35.8. The highest BCUT2D eigenvalue weighted by atomic mass is 35.5. The first-order valence-corrected chi connectivity index (χ1v) is 17.6. The predicted octanol–water partition coefficient (Wildman–Crippen LogP) is 7.00. The number of anilines is 1. The minimum atomic E-state index is -4.27. The van der Waals surface area contributed by atoms with Gasteiger partial charge in [-0.2, -0.15) is 0 Å². The van der Waals surface area contributed by atoms with Crippen LogP contribution in [-0.2, 0) is 32.6 Å². The third-order valence-corrected chi connectivity index (χ3v) is 9.85. The van der Waals surface area contributed by atoms with Crippen molar-refractivity contribution in [2.24, 2.45) is 5.92 Å². The number of sulfonamides is 1. The molecule has 1 atom stereocenters. The number of nitrogens with zero attached hydrogens (tertiary/aromatic N) is 2. The molecule has 0 unspecified atom stereocenters. The number of carbonyl (C=O) groups excluding carboxylic acids is 2. The largest absolute Gasteiger partial charge is 0.492 e. The molecular formula is C36H39Cl2N3O5S. The summed E-state index contributed by atoms with van der Waals surface area (Å²) in [5.74, 6) is -0.489. The molecule has 0 aliphatic carbocycles. The third-order valence-electron chi connectivity index (χ3n) is 7.34. The molecule has 4 aromatic carbocycles. The van der Waals surface area contributed by atoms with Gasteiger partial charge in [0.05, 0.1) is 27.2 Å². The molecule has 2 amide bonds. The molecule has 0 aliphatic rings. The first-order valence-electron chi connectivity index (χ1n) is 15.4. The van der Waals surface area contributed by atoms with Gasteiger partial charge in [0, 0.05) is 19.5 Å². The number of halogens is 2. The SMILES string of the molecule is CCOc1ccccc1N(CC(=O)N(Cc1ccc(Cl)c(Cl)c1)[C@@H](Cc1ccccc1)C(=O)NCC(C)C)S(=O)(=O)c1ccccc1. The normalized spacial score (nSPS) is 12.0. The lowest BCUT2D eigenvalue weighted by atomic mass is 10.0. The van der Waals surface area contributed by atoms with Crippen molar-refractivity contribution in [3.63, 3.8) is 0 Å². The molecule has 47 heavy (non-hydrogen) atoms. The lowest BCUT2D eigenvalue weighted by Gasteiger charge is -2.34. The van der Waals surface area contributed by atoms with Crippen LogP contribution in [-0.4, -0.2) is 50.9 Å². The molecule has 0 saturated heterocycles. The number of ether oxygens (including phenoxy) is 1. The van der Waals surface area contributed by atoms with Gasteiger partial charge in [0.15, 0.2) is 0 Å². The smallest absolute Gasteiger partial charge is 0.264 e. The van der Waals surface area contributed by atoms with Gasteiger partial charge in [0.2, 0.25) is 11.8 Å². The maximum Gasteiger partial charge on any atom is 0.264 e. The second-order valence-corrected chi connectivity index (χ2v) is 14.0. The van der Waals surface area contributed by atoms with E-state index in [-0.39, 0.29) is 42.0 Å². The fourth-order valence-corrected chi connectivity index (χ4v) is 6.75. The average Bonchev–Trinajstić information content (AvgIpc) is 3.07. The summed E-state index contributed by atoms with van der Waals surface area (Å²) >= 11 is 12.6. The van der Waals surface area contributed by atoms with E-state index in [1.807, 2.05) is 44.2 Å². The Labute approximate surface area is 287 Å². The number of carbonyl (C=O) groups is 2. The Bertz CT molecular complexity index is 1760. The van der Waals surface area contributed by atoms with Gasteiger partial charge in [-0.15, -0.1) is 0 Å². The second kappa shape index (κ2) is 16.7. The van der Waals surface area contributed by atoms with Gasteiger partial charge < -0.3 is 15.0 Å². The quantitative estimate of drug-likeness (QED) is 0.145. The summed E-state index contributed by atoms with van der Waals surface area (Å²) in [4.78, 5) is 30.0. The molecule has 0 spiro atoms. The van der Waals surface area contributed by atoms with Gasteiger partial charge in [-0.05, 0) is 60.4 Å². The van der Waals surface area contributed by atoms with Gasteiger partial charge in [-0.3, -0.25) is 13.9 Å². The zero-order valence-corrected chi connectivity index (χ0v) is 28.9. The Morgan fingerprint density at radius 1 is 0.830 bits per heavy atom. The van der Waals surface area contributed by atoms with Crippen molar-refractivity contribution in [2.75, 3.05) is 24.0 Å². The number of benzene rings is 4.